The minimum Gasteiger partial charge on any atom is -0.0651 e. The van der Waals surface area contributed by atoms with Crippen molar-refractivity contribution in [2.45, 2.75) is 79.6 Å². The molecule has 0 heterocycles. The fraction of sp³-hybridized carbons (Fsp3) is 1.00. The lowest BCUT2D eigenvalue weighted by atomic mass is 9.83. The van der Waals surface area contributed by atoms with Gasteiger partial charge in [-0.05, 0) is 17.8 Å². The van der Waals surface area contributed by atoms with Gasteiger partial charge in [-0.2, -0.15) is 0 Å². The molecule has 0 rings (SSSR count). The molecule has 0 aliphatic heterocycles. The van der Waals surface area contributed by atoms with E-state index in [0.717, 1.165) is 5.92 Å². The molecule has 0 spiro atoms. The summed E-state index contributed by atoms with van der Waals surface area (Å²) in [6.07, 6.45) is 9.78. The van der Waals surface area contributed by atoms with Gasteiger partial charge in [-0.15, -0.1) is 0 Å². The van der Waals surface area contributed by atoms with Crippen LogP contribution in [0.4, 0.5) is 0 Å². The van der Waals surface area contributed by atoms with Crippen molar-refractivity contribution in [2.75, 3.05) is 0 Å². The molecule has 0 amide bonds. The highest BCUT2D eigenvalue weighted by atomic mass is 14.2. The van der Waals surface area contributed by atoms with Crippen LogP contribution >= 0.6 is 0 Å². The Balaban J connectivity index is 3.45. The molecule has 0 aliphatic rings. The molecule has 0 aliphatic carbocycles. The molecule has 0 unspecified atom stereocenters. The van der Waals surface area contributed by atoms with Gasteiger partial charge in [0.1, 0.15) is 0 Å². The van der Waals surface area contributed by atoms with Gasteiger partial charge in [-0.25, -0.2) is 0 Å². The second-order valence-electron chi connectivity index (χ2n) is 5.45. The monoisotopic (exact) mass is 198 g/mol. The van der Waals surface area contributed by atoms with E-state index in [1.165, 1.54) is 44.9 Å². The zero-order valence-electron chi connectivity index (χ0n) is 11.0. The van der Waals surface area contributed by atoms with Gasteiger partial charge >= 0.3 is 0 Å². The second-order valence-corrected chi connectivity index (χ2v) is 5.45. The Labute approximate surface area is 91.5 Å². The summed E-state index contributed by atoms with van der Waals surface area (Å²) in [5, 5.41) is 0. The molecule has 0 aromatic heterocycles. The summed E-state index contributed by atoms with van der Waals surface area (Å²) >= 11 is 0. The SMILES string of the molecule is CCC(CC)CCCCC(C)(C)CC. The first-order chi connectivity index (χ1) is 6.55. The summed E-state index contributed by atoms with van der Waals surface area (Å²) in [4.78, 5) is 0. The average Bonchev–Trinajstić information content (AvgIpc) is 2.18. The highest BCUT2D eigenvalue weighted by Crippen LogP contribution is 2.28. The lowest BCUT2D eigenvalue weighted by Crippen LogP contribution is -2.09. The van der Waals surface area contributed by atoms with Crippen molar-refractivity contribution in [3.63, 3.8) is 0 Å². The molecule has 0 bridgehead atoms. The molecule has 0 saturated heterocycles. The van der Waals surface area contributed by atoms with Gasteiger partial charge in [0, 0.05) is 0 Å². The van der Waals surface area contributed by atoms with Crippen LogP contribution in [-0.4, -0.2) is 0 Å². The molecule has 0 atom stereocenters. The van der Waals surface area contributed by atoms with Gasteiger partial charge in [0.15, 0.2) is 0 Å². The number of unbranched alkanes of at least 4 members (excludes halogenated alkanes) is 1. The average molecular weight is 198 g/mol. The molecule has 86 valence electrons. The standard InChI is InChI=1S/C14H30/c1-6-13(7-2)11-9-10-12-14(4,5)8-3/h13H,6-12H2,1-5H3. The third-order valence-electron chi connectivity index (χ3n) is 3.83. The van der Waals surface area contributed by atoms with E-state index in [2.05, 4.69) is 34.6 Å². The first-order valence-electron chi connectivity index (χ1n) is 6.55. The van der Waals surface area contributed by atoms with Gasteiger partial charge in [0.05, 0.1) is 0 Å². The predicted octanol–water partition coefficient (Wildman–Crippen LogP) is 5.42. The van der Waals surface area contributed by atoms with Gasteiger partial charge in [0.25, 0.3) is 0 Å². The van der Waals surface area contributed by atoms with Crippen molar-refractivity contribution in [2.24, 2.45) is 11.3 Å². The number of hydrogen-bond donors (Lipinski definition) is 0. The maximum atomic E-state index is 2.39. The first kappa shape index (κ1) is 14.0. The fourth-order valence-corrected chi connectivity index (χ4v) is 1.91. The largest absolute Gasteiger partial charge is 0.0651 e. The van der Waals surface area contributed by atoms with Crippen LogP contribution in [0.2, 0.25) is 0 Å². The van der Waals surface area contributed by atoms with E-state index in [1.54, 1.807) is 0 Å². The molecule has 14 heavy (non-hydrogen) atoms. The summed E-state index contributed by atoms with van der Waals surface area (Å²) in [6, 6.07) is 0. The summed E-state index contributed by atoms with van der Waals surface area (Å²) in [7, 11) is 0. The molecule has 0 radical (unpaired) electrons. The van der Waals surface area contributed by atoms with Crippen LogP contribution in [0.15, 0.2) is 0 Å². The van der Waals surface area contributed by atoms with Crippen LogP contribution in [0.1, 0.15) is 79.6 Å². The summed E-state index contributed by atoms with van der Waals surface area (Å²) < 4.78 is 0. The van der Waals surface area contributed by atoms with Crippen LogP contribution < -0.4 is 0 Å². The van der Waals surface area contributed by atoms with Gasteiger partial charge < -0.3 is 0 Å². The predicted molar refractivity (Wildman–Crippen MR) is 66.6 cm³/mol. The van der Waals surface area contributed by atoms with Crippen LogP contribution in [0.3, 0.4) is 0 Å². The van der Waals surface area contributed by atoms with Crippen LogP contribution in [0.5, 0.6) is 0 Å². The Kier molecular flexibility index (Phi) is 7.31. The normalized spacial score (nSPS) is 12.4. The molecule has 0 nitrogen and oxygen atoms in total. The molecule has 0 N–H and O–H groups in total. The number of hydrogen-bond acceptors (Lipinski definition) is 0. The lowest BCUT2D eigenvalue weighted by Gasteiger charge is -2.22. The smallest absolute Gasteiger partial charge is 0.0357 e. The van der Waals surface area contributed by atoms with E-state index in [4.69, 9.17) is 0 Å². The van der Waals surface area contributed by atoms with Crippen molar-refractivity contribution >= 4 is 0 Å². The van der Waals surface area contributed by atoms with Crippen molar-refractivity contribution in [3.8, 4) is 0 Å². The quantitative estimate of drug-likeness (QED) is 0.457. The molecule has 0 aromatic carbocycles. The van der Waals surface area contributed by atoms with Gasteiger partial charge in [0.2, 0.25) is 0 Å². The molecule has 0 fully saturated rings. The van der Waals surface area contributed by atoms with Gasteiger partial charge in [-0.3, -0.25) is 0 Å². The second kappa shape index (κ2) is 7.31. The molecule has 0 saturated carbocycles. The minimum absolute atomic E-state index is 0.577. The number of rotatable bonds is 8. The minimum atomic E-state index is 0.577. The molecular weight excluding hydrogens is 168 g/mol. The third-order valence-corrected chi connectivity index (χ3v) is 3.83. The van der Waals surface area contributed by atoms with E-state index in [0.29, 0.717) is 5.41 Å². The van der Waals surface area contributed by atoms with E-state index >= 15 is 0 Å². The lowest BCUT2D eigenvalue weighted by molar-refractivity contribution is 0.300. The first-order valence-corrected chi connectivity index (χ1v) is 6.55. The Morgan fingerprint density at radius 2 is 1.50 bits per heavy atom. The molecular formula is C14H30. The van der Waals surface area contributed by atoms with E-state index < -0.39 is 0 Å². The Hall–Kier alpha value is 0. The van der Waals surface area contributed by atoms with Crippen molar-refractivity contribution in [3.05, 3.63) is 0 Å². The Morgan fingerprint density at radius 3 is 1.93 bits per heavy atom. The van der Waals surface area contributed by atoms with Gasteiger partial charge in [-0.1, -0.05) is 73.1 Å². The maximum Gasteiger partial charge on any atom is -0.0357 e. The highest BCUT2D eigenvalue weighted by Gasteiger charge is 2.14. The van der Waals surface area contributed by atoms with Crippen molar-refractivity contribution in [1.82, 2.24) is 0 Å². The van der Waals surface area contributed by atoms with E-state index in [1.807, 2.05) is 0 Å². The Morgan fingerprint density at radius 1 is 0.929 bits per heavy atom. The fourth-order valence-electron chi connectivity index (χ4n) is 1.91. The molecule has 0 heteroatoms. The van der Waals surface area contributed by atoms with Crippen molar-refractivity contribution < 1.29 is 0 Å². The molecule has 0 aromatic rings. The van der Waals surface area contributed by atoms with Crippen LogP contribution in [0.25, 0.3) is 0 Å². The van der Waals surface area contributed by atoms with Crippen molar-refractivity contribution in [1.29, 1.82) is 0 Å². The summed E-state index contributed by atoms with van der Waals surface area (Å²) in [5.74, 6) is 0.986. The zero-order valence-corrected chi connectivity index (χ0v) is 11.0. The van der Waals surface area contributed by atoms with Crippen LogP contribution in [-0.2, 0) is 0 Å². The van der Waals surface area contributed by atoms with E-state index in [-0.39, 0.29) is 0 Å². The highest BCUT2D eigenvalue weighted by molar-refractivity contribution is 4.66. The summed E-state index contributed by atoms with van der Waals surface area (Å²) in [5.41, 5.74) is 0.577. The topological polar surface area (TPSA) is 0 Å². The van der Waals surface area contributed by atoms with Crippen LogP contribution in [0, 0.1) is 11.3 Å². The third kappa shape index (κ3) is 6.45. The summed E-state index contributed by atoms with van der Waals surface area (Å²) in [6.45, 7) is 11.7. The maximum absolute atomic E-state index is 2.39. The zero-order chi connectivity index (χ0) is 11.0. The van der Waals surface area contributed by atoms with E-state index in [9.17, 15) is 0 Å². The Bertz CT molecular complexity index is 120.